The van der Waals surface area contributed by atoms with E-state index in [-0.39, 0.29) is 17.5 Å². The maximum atomic E-state index is 13.0. The van der Waals surface area contributed by atoms with Crippen molar-refractivity contribution in [1.29, 1.82) is 5.26 Å². The largest absolute Gasteiger partial charge is 0.458 e. The maximum Gasteiger partial charge on any atom is 0.367 e. The van der Waals surface area contributed by atoms with E-state index in [0.717, 1.165) is 6.42 Å². The molecule has 1 aliphatic heterocycles. The molecular formula is C20H37N2O3+. The molecule has 0 aromatic heterocycles. The minimum absolute atomic E-state index is 0.0546. The van der Waals surface area contributed by atoms with Crippen molar-refractivity contribution in [2.75, 3.05) is 34.4 Å². The molecule has 3 atom stereocenters. The average molecular weight is 354 g/mol. The number of ether oxygens (including phenoxy) is 2. The molecule has 0 spiro atoms. The van der Waals surface area contributed by atoms with Gasteiger partial charge in [-0.1, -0.05) is 27.7 Å². The summed E-state index contributed by atoms with van der Waals surface area (Å²) >= 11 is 0. The zero-order valence-corrected chi connectivity index (χ0v) is 17.6. The molecule has 5 heteroatoms. The molecule has 1 heterocycles. The van der Waals surface area contributed by atoms with Crippen LogP contribution in [0.2, 0.25) is 0 Å². The van der Waals surface area contributed by atoms with Crippen LogP contribution >= 0.6 is 0 Å². The summed E-state index contributed by atoms with van der Waals surface area (Å²) in [5, 5.41) is 9.90. The molecule has 0 amide bonds. The van der Waals surface area contributed by atoms with Crippen molar-refractivity contribution in [3.63, 3.8) is 0 Å². The zero-order chi connectivity index (χ0) is 19.7. The molecule has 0 aliphatic carbocycles. The van der Waals surface area contributed by atoms with Gasteiger partial charge in [-0.15, -0.1) is 0 Å². The lowest BCUT2D eigenvalue weighted by atomic mass is 9.59. The quantitative estimate of drug-likeness (QED) is 0.362. The van der Waals surface area contributed by atoms with Gasteiger partial charge in [0.1, 0.15) is 12.7 Å². The predicted octanol–water partition coefficient (Wildman–Crippen LogP) is 3.39. The standard InChI is InChI=1S/C20H37N2O3/c1-15(2)10-19(5,14-21)18(3,4)13-20(6,22(7,8)9)17(23)25-12-16-11-24-16/h15-16H,10-13H2,1-9H3/q+1. The SMILES string of the molecule is CC(C)CC(C)(C#N)C(C)(C)CC(C)(C(=O)OCC1CO1)[N+](C)(C)C. The van der Waals surface area contributed by atoms with Crippen LogP contribution in [-0.2, 0) is 14.3 Å². The van der Waals surface area contributed by atoms with Crippen molar-refractivity contribution < 1.29 is 18.8 Å². The third kappa shape index (κ3) is 4.95. The van der Waals surface area contributed by atoms with Crippen LogP contribution in [0.3, 0.4) is 0 Å². The number of carbonyl (C=O) groups excluding carboxylic acids is 1. The number of carbonyl (C=O) groups is 1. The van der Waals surface area contributed by atoms with E-state index < -0.39 is 11.0 Å². The Kier molecular flexibility index (Phi) is 6.35. The lowest BCUT2D eigenvalue weighted by Crippen LogP contribution is -2.63. The Bertz CT molecular complexity index is 526. The van der Waals surface area contributed by atoms with Crippen molar-refractivity contribution in [1.82, 2.24) is 0 Å². The summed E-state index contributed by atoms with van der Waals surface area (Å²) in [5.74, 6) is 0.201. The number of quaternary nitrogens is 1. The predicted molar refractivity (Wildman–Crippen MR) is 98.7 cm³/mol. The molecule has 0 bridgehead atoms. The number of nitriles is 1. The Labute approximate surface area is 153 Å². The third-order valence-electron chi connectivity index (χ3n) is 6.07. The van der Waals surface area contributed by atoms with Gasteiger partial charge in [0.05, 0.1) is 39.2 Å². The molecule has 0 saturated carbocycles. The van der Waals surface area contributed by atoms with Gasteiger partial charge in [-0.25, -0.2) is 4.79 Å². The van der Waals surface area contributed by atoms with Crippen LogP contribution in [-0.4, -0.2) is 56.5 Å². The minimum Gasteiger partial charge on any atom is -0.458 e. The molecule has 1 fully saturated rings. The molecule has 5 nitrogen and oxygen atoms in total. The highest BCUT2D eigenvalue weighted by molar-refractivity contribution is 5.79. The molecule has 0 aromatic carbocycles. The van der Waals surface area contributed by atoms with Crippen molar-refractivity contribution in [3.05, 3.63) is 0 Å². The normalized spacial score (nSPS) is 22.7. The summed E-state index contributed by atoms with van der Waals surface area (Å²) in [6.07, 6.45) is 1.43. The Hall–Kier alpha value is -1.12. The van der Waals surface area contributed by atoms with Crippen LogP contribution in [0.1, 0.15) is 54.4 Å². The van der Waals surface area contributed by atoms with Gasteiger partial charge in [0.25, 0.3) is 0 Å². The average Bonchev–Trinajstić information content (AvgIpc) is 3.25. The van der Waals surface area contributed by atoms with E-state index in [1.807, 2.05) is 35.0 Å². The zero-order valence-electron chi connectivity index (χ0n) is 17.6. The van der Waals surface area contributed by atoms with E-state index in [0.29, 0.717) is 30.0 Å². The number of rotatable bonds is 9. The van der Waals surface area contributed by atoms with E-state index in [2.05, 4.69) is 33.8 Å². The number of likely N-dealkylation sites (N-methyl/N-ethyl adjacent to an activating group) is 1. The smallest absolute Gasteiger partial charge is 0.367 e. The van der Waals surface area contributed by atoms with Crippen LogP contribution < -0.4 is 0 Å². The van der Waals surface area contributed by atoms with Crippen LogP contribution in [0.15, 0.2) is 0 Å². The highest BCUT2D eigenvalue weighted by atomic mass is 16.6. The van der Waals surface area contributed by atoms with Crippen molar-refractivity contribution in [2.24, 2.45) is 16.7 Å². The van der Waals surface area contributed by atoms with Gasteiger partial charge in [-0.2, -0.15) is 5.26 Å². The lowest BCUT2D eigenvalue weighted by molar-refractivity contribution is -0.913. The van der Waals surface area contributed by atoms with Gasteiger partial charge < -0.3 is 14.0 Å². The molecule has 0 N–H and O–H groups in total. The monoisotopic (exact) mass is 353 g/mol. The Morgan fingerprint density at radius 3 is 2.16 bits per heavy atom. The number of hydrogen-bond donors (Lipinski definition) is 0. The van der Waals surface area contributed by atoms with Gasteiger partial charge in [-0.3, -0.25) is 0 Å². The van der Waals surface area contributed by atoms with Gasteiger partial charge >= 0.3 is 5.97 Å². The second-order valence-corrected chi connectivity index (χ2v) is 9.94. The van der Waals surface area contributed by atoms with E-state index in [1.54, 1.807) is 0 Å². The van der Waals surface area contributed by atoms with E-state index in [4.69, 9.17) is 9.47 Å². The summed E-state index contributed by atoms with van der Waals surface area (Å²) in [5.41, 5.74) is -1.60. The second kappa shape index (κ2) is 7.25. The number of epoxide rings is 1. The fourth-order valence-electron chi connectivity index (χ4n) is 3.42. The Morgan fingerprint density at radius 1 is 1.28 bits per heavy atom. The minimum atomic E-state index is -0.743. The molecule has 144 valence electrons. The number of esters is 1. The van der Waals surface area contributed by atoms with Gasteiger partial charge in [0.2, 0.25) is 0 Å². The van der Waals surface area contributed by atoms with Crippen LogP contribution in [0, 0.1) is 28.1 Å². The summed E-state index contributed by atoms with van der Waals surface area (Å²) in [6.45, 7) is 13.4. The van der Waals surface area contributed by atoms with Crippen LogP contribution in [0.4, 0.5) is 0 Å². The highest BCUT2D eigenvalue weighted by Gasteiger charge is 2.55. The van der Waals surface area contributed by atoms with Gasteiger partial charge in [0.15, 0.2) is 5.54 Å². The Morgan fingerprint density at radius 2 is 1.80 bits per heavy atom. The maximum absolute atomic E-state index is 13.0. The summed E-state index contributed by atoms with van der Waals surface area (Å²) in [6, 6.07) is 2.54. The van der Waals surface area contributed by atoms with E-state index in [9.17, 15) is 10.1 Å². The molecule has 0 aromatic rings. The third-order valence-corrected chi connectivity index (χ3v) is 6.07. The second-order valence-electron chi connectivity index (χ2n) is 9.94. The molecule has 0 radical (unpaired) electrons. The number of nitrogens with zero attached hydrogens (tertiary/aromatic N) is 2. The van der Waals surface area contributed by atoms with Crippen LogP contribution in [0.25, 0.3) is 0 Å². The molecule has 1 saturated heterocycles. The first-order valence-electron chi connectivity index (χ1n) is 9.20. The van der Waals surface area contributed by atoms with Crippen LogP contribution in [0.5, 0.6) is 0 Å². The molecule has 25 heavy (non-hydrogen) atoms. The fourth-order valence-corrected chi connectivity index (χ4v) is 3.42. The first kappa shape index (κ1) is 21.9. The summed E-state index contributed by atoms with van der Waals surface area (Å²) in [7, 11) is 6.03. The fraction of sp³-hybridized carbons (Fsp3) is 0.900. The molecule has 1 aliphatic rings. The molecule has 1 rings (SSSR count). The highest BCUT2D eigenvalue weighted by Crippen LogP contribution is 2.49. The molecular weight excluding hydrogens is 316 g/mol. The van der Waals surface area contributed by atoms with Gasteiger partial charge in [0, 0.05) is 13.3 Å². The first-order chi connectivity index (χ1) is 11.2. The topological polar surface area (TPSA) is 62.6 Å². The summed E-state index contributed by atoms with van der Waals surface area (Å²) < 4.78 is 11.2. The van der Waals surface area contributed by atoms with Gasteiger partial charge in [-0.05, 0) is 24.7 Å². The lowest BCUT2D eigenvalue weighted by Gasteiger charge is -2.49. The number of hydrogen-bond acceptors (Lipinski definition) is 4. The Balaban J connectivity index is 3.10. The van der Waals surface area contributed by atoms with Crippen molar-refractivity contribution in [3.8, 4) is 6.07 Å². The van der Waals surface area contributed by atoms with E-state index >= 15 is 0 Å². The molecule has 3 unspecified atom stereocenters. The van der Waals surface area contributed by atoms with Crippen molar-refractivity contribution >= 4 is 5.97 Å². The summed E-state index contributed by atoms with van der Waals surface area (Å²) in [4.78, 5) is 13.0. The van der Waals surface area contributed by atoms with E-state index in [1.165, 1.54) is 0 Å². The van der Waals surface area contributed by atoms with Crippen molar-refractivity contribution in [2.45, 2.75) is 66.0 Å². The first-order valence-corrected chi connectivity index (χ1v) is 9.20.